The van der Waals surface area contributed by atoms with Crippen LogP contribution in [0.5, 0.6) is 0 Å². The summed E-state index contributed by atoms with van der Waals surface area (Å²) in [6.07, 6.45) is 4.26. The molecule has 1 fully saturated rings. The number of guanidine groups is 1. The third kappa shape index (κ3) is 7.20. The van der Waals surface area contributed by atoms with E-state index in [-0.39, 0.29) is 24.0 Å². The van der Waals surface area contributed by atoms with Crippen molar-refractivity contribution in [1.29, 1.82) is 0 Å². The molecule has 0 bridgehead atoms. The normalized spacial score (nSPS) is 16.0. The first kappa shape index (κ1) is 25.1. The topological polar surface area (TPSA) is 52.6 Å². The van der Waals surface area contributed by atoms with Crippen LogP contribution in [0.25, 0.3) is 0 Å². The first-order valence-corrected chi connectivity index (χ1v) is 11.7. The summed E-state index contributed by atoms with van der Waals surface area (Å²) in [6, 6.07) is 14.7. The highest BCUT2D eigenvalue weighted by Crippen LogP contribution is 2.27. The van der Waals surface area contributed by atoms with Crippen molar-refractivity contribution in [2.24, 2.45) is 4.99 Å². The molecule has 1 unspecified atom stereocenters. The molecule has 1 atom stereocenters. The zero-order valence-electron chi connectivity index (χ0n) is 17.8. The number of hydrogen-bond acceptors (Lipinski definition) is 4. The zero-order chi connectivity index (χ0) is 20.6. The van der Waals surface area contributed by atoms with E-state index in [1.165, 1.54) is 5.56 Å². The maximum atomic E-state index is 6.16. The van der Waals surface area contributed by atoms with Crippen LogP contribution in [0.2, 0.25) is 5.02 Å². The maximum absolute atomic E-state index is 6.16. The molecule has 0 saturated carbocycles. The van der Waals surface area contributed by atoms with Crippen molar-refractivity contribution in [3.63, 3.8) is 0 Å². The lowest BCUT2D eigenvalue weighted by Gasteiger charge is -2.34. The van der Waals surface area contributed by atoms with Gasteiger partial charge < -0.3 is 15.5 Å². The number of nitrogens with one attached hydrogen (secondary N) is 2. The molecule has 30 heavy (non-hydrogen) atoms. The fourth-order valence-corrected chi connectivity index (χ4v) is 4.45. The van der Waals surface area contributed by atoms with E-state index in [1.54, 1.807) is 0 Å². The van der Waals surface area contributed by atoms with Gasteiger partial charge in [-0.25, -0.2) is 4.98 Å². The quantitative estimate of drug-likeness (QED) is 0.300. The summed E-state index contributed by atoms with van der Waals surface area (Å²) < 4.78 is 0. The highest BCUT2D eigenvalue weighted by atomic mass is 127. The van der Waals surface area contributed by atoms with Crippen LogP contribution in [0.3, 0.4) is 0 Å². The number of piperidine rings is 1. The predicted octanol–water partition coefficient (Wildman–Crippen LogP) is 4.90. The van der Waals surface area contributed by atoms with E-state index in [1.807, 2.05) is 50.0 Å². The van der Waals surface area contributed by atoms with Gasteiger partial charge in [0, 0.05) is 48.7 Å². The molecule has 164 valence electrons. The van der Waals surface area contributed by atoms with Gasteiger partial charge in [0.15, 0.2) is 5.96 Å². The number of halogens is 2. The largest absolute Gasteiger partial charge is 0.356 e. The number of aryl methyl sites for hydroxylation is 1. The number of aromatic nitrogens is 1. The number of pyridine rings is 1. The van der Waals surface area contributed by atoms with Gasteiger partial charge in [-0.2, -0.15) is 11.8 Å². The molecule has 2 heterocycles. The maximum Gasteiger partial charge on any atom is 0.191 e. The van der Waals surface area contributed by atoms with Crippen LogP contribution < -0.4 is 15.5 Å². The zero-order valence-corrected chi connectivity index (χ0v) is 21.7. The van der Waals surface area contributed by atoms with E-state index in [9.17, 15) is 0 Å². The Morgan fingerprint density at radius 1 is 1.27 bits per heavy atom. The van der Waals surface area contributed by atoms with Crippen molar-refractivity contribution in [3.8, 4) is 0 Å². The summed E-state index contributed by atoms with van der Waals surface area (Å²) in [4.78, 5) is 11.4. The lowest BCUT2D eigenvalue weighted by Crippen LogP contribution is -2.49. The average Bonchev–Trinajstić information content (AvgIpc) is 2.74. The number of anilines is 1. The van der Waals surface area contributed by atoms with E-state index in [2.05, 4.69) is 50.0 Å². The monoisotopic (exact) mass is 559 g/mol. The molecule has 8 heteroatoms. The Bertz CT molecular complexity index is 827. The van der Waals surface area contributed by atoms with E-state index in [0.717, 1.165) is 55.0 Å². The minimum absolute atomic E-state index is 0. The highest BCUT2D eigenvalue weighted by Gasteiger charge is 2.21. The van der Waals surface area contributed by atoms with Crippen LogP contribution >= 0.6 is 47.3 Å². The van der Waals surface area contributed by atoms with Crippen molar-refractivity contribution in [3.05, 3.63) is 58.7 Å². The highest BCUT2D eigenvalue weighted by molar-refractivity contribution is 14.0. The summed E-state index contributed by atoms with van der Waals surface area (Å²) in [6.45, 7) is 4.84. The van der Waals surface area contributed by atoms with Gasteiger partial charge in [-0.15, -0.1) is 24.0 Å². The lowest BCUT2D eigenvalue weighted by molar-refractivity contribution is 0.459. The van der Waals surface area contributed by atoms with Gasteiger partial charge in [0.05, 0.1) is 0 Å². The molecular weight excluding hydrogens is 529 g/mol. The van der Waals surface area contributed by atoms with Gasteiger partial charge in [0.25, 0.3) is 0 Å². The molecule has 2 N–H and O–H groups in total. The fourth-order valence-electron chi connectivity index (χ4n) is 3.58. The third-order valence-electron chi connectivity index (χ3n) is 5.22. The Morgan fingerprint density at radius 3 is 2.63 bits per heavy atom. The van der Waals surface area contributed by atoms with E-state index in [0.29, 0.717) is 11.3 Å². The molecule has 5 nitrogen and oxygen atoms in total. The van der Waals surface area contributed by atoms with Crippen molar-refractivity contribution >= 4 is 59.1 Å². The second kappa shape index (κ2) is 12.6. The third-order valence-corrected chi connectivity index (χ3v) is 6.46. The smallest absolute Gasteiger partial charge is 0.191 e. The number of aliphatic imine (C=N–C) groups is 1. The molecule has 3 rings (SSSR count). The standard InChI is InChI=1S/C22H30ClN5S.HI/c1-16-6-4-9-21(26-16)28-12-10-19(11-13-28)27-22(24-2)25-15-20(29-3)17-7-5-8-18(23)14-17;/h4-9,14,19-20H,10-13,15H2,1-3H3,(H2,24,25,27);1H. The van der Waals surface area contributed by atoms with Gasteiger partial charge in [-0.1, -0.05) is 29.8 Å². The number of thioether (sulfide) groups is 1. The van der Waals surface area contributed by atoms with E-state index < -0.39 is 0 Å². The predicted molar refractivity (Wildman–Crippen MR) is 142 cm³/mol. The molecule has 2 aromatic rings. The van der Waals surface area contributed by atoms with Crippen LogP contribution in [-0.2, 0) is 0 Å². The SMILES string of the molecule is CN=C(NCC(SC)c1cccc(Cl)c1)NC1CCN(c2cccc(C)n2)CC1.I. The summed E-state index contributed by atoms with van der Waals surface area (Å²) in [5, 5.41) is 8.17. The average molecular weight is 560 g/mol. The van der Waals surface area contributed by atoms with Gasteiger partial charge in [0.2, 0.25) is 0 Å². The number of rotatable bonds is 6. The number of benzene rings is 1. The molecule has 1 aliphatic rings. The molecule has 1 aromatic heterocycles. The Hall–Kier alpha value is -1.19. The van der Waals surface area contributed by atoms with E-state index >= 15 is 0 Å². The Kier molecular flexibility index (Phi) is 10.5. The molecule has 0 aliphatic carbocycles. The van der Waals surface area contributed by atoms with Gasteiger partial charge in [-0.3, -0.25) is 4.99 Å². The molecular formula is C22H31ClIN5S. The Balaban J connectivity index is 0.00000320. The Morgan fingerprint density at radius 2 is 2.00 bits per heavy atom. The molecule has 0 amide bonds. The van der Waals surface area contributed by atoms with Crippen molar-refractivity contribution in [2.75, 3.05) is 37.8 Å². The van der Waals surface area contributed by atoms with Crippen LogP contribution in [0.4, 0.5) is 5.82 Å². The summed E-state index contributed by atoms with van der Waals surface area (Å²) in [5.74, 6) is 1.94. The van der Waals surface area contributed by atoms with Crippen LogP contribution in [0.15, 0.2) is 47.5 Å². The molecule has 1 aliphatic heterocycles. The van der Waals surface area contributed by atoms with Crippen molar-refractivity contribution in [1.82, 2.24) is 15.6 Å². The molecule has 0 radical (unpaired) electrons. The minimum Gasteiger partial charge on any atom is -0.356 e. The minimum atomic E-state index is 0. The summed E-state index contributed by atoms with van der Waals surface area (Å²) in [5.41, 5.74) is 2.29. The van der Waals surface area contributed by atoms with Crippen molar-refractivity contribution in [2.45, 2.75) is 31.1 Å². The second-order valence-electron chi connectivity index (χ2n) is 7.28. The summed E-state index contributed by atoms with van der Waals surface area (Å²) in [7, 11) is 1.83. The number of nitrogens with zero attached hydrogens (tertiary/aromatic N) is 3. The van der Waals surface area contributed by atoms with Crippen LogP contribution in [0, 0.1) is 6.92 Å². The lowest BCUT2D eigenvalue weighted by atomic mass is 10.1. The van der Waals surface area contributed by atoms with Crippen LogP contribution in [-0.4, -0.2) is 49.9 Å². The Labute approximate surface area is 206 Å². The van der Waals surface area contributed by atoms with Gasteiger partial charge in [0.1, 0.15) is 5.82 Å². The number of hydrogen-bond donors (Lipinski definition) is 2. The van der Waals surface area contributed by atoms with Gasteiger partial charge >= 0.3 is 0 Å². The van der Waals surface area contributed by atoms with Crippen LogP contribution in [0.1, 0.15) is 29.3 Å². The second-order valence-corrected chi connectivity index (χ2v) is 8.75. The fraction of sp³-hybridized carbons (Fsp3) is 0.455. The first-order valence-electron chi connectivity index (χ1n) is 10.0. The summed E-state index contributed by atoms with van der Waals surface area (Å²) >= 11 is 7.97. The first-order chi connectivity index (χ1) is 14.1. The van der Waals surface area contributed by atoms with Crippen molar-refractivity contribution < 1.29 is 0 Å². The molecule has 0 spiro atoms. The van der Waals surface area contributed by atoms with E-state index in [4.69, 9.17) is 11.6 Å². The molecule has 1 aromatic carbocycles. The van der Waals surface area contributed by atoms with Gasteiger partial charge in [-0.05, 0) is 55.9 Å². The molecule has 1 saturated heterocycles.